The molecule has 1 fully saturated rings. The first-order valence-corrected chi connectivity index (χ1v) is 15.0. The Hall–Kier alpha value is -3.89. The number of aromatic nitrogens is 5. The summed E-state index contributed by atoms with van der Waals surface area (Å²) in [5.74, 6) is -0.578. The van der Waals surface area contributed by atoms with Crippen molar-refractivity contribution < 1.29 is 15.0 Å². The Morgan fingerprint density at radius 2 is 2.10 bits per heavy atom. The summed E-state index contributed by atoms with van der Waals surface area (Å²) in [6.07, 6.45) is 6.00. The summed E-state index contributed by atoms with van der Waals surface area (Å²) in [6.45, 7) is 4.30. The monoisotopic (exact) mass is 568 g/mol. The van der Waals surface area contributed by atoms with Crippen molar-refractivity contribution in [3.8, 4) is 5.88 Å². The predicted molar refractivity (Wildman–Crippen MR) is 157 cm³/mol. The highest BCUT2D eigenvalue weighted by atomic mass is 32.1. The Kier molecular flexibility index (Phi) is 6.47. The molecule has 1 saturated carbocycles. The lowest BCUT2D eigenvalue weighted by molar-refractivity contribution is -0.137. The molecular weight excluding hydrogens is 536 g/mol. The Balaban J connectivity index is 1.25. The fourth-order valence-electron chi connectivity index (χ4n) is 6.35. The molecule has 0 bridgehead atoms. The van der Waals surface area contributed by atoms with Gasteiger partial charge in [-0.1, -0.05) is 11.3 Å². The van der Waals surface area contributed by atoms with E-state index in [9.17, 15) is 15.0 Å². The van der Waals surface area contributed by atoms with Gasteiger partial charge in [0, 0.05) is 42.5 Å². The third-order valence-electron chi connectivity index (χ3n) is 8.62. The number of fused-ring (bicyclic) bond motifs is 3. The van der Waals surface area contributed by atoms with Crippen LogP contribution >= 0.6 is 11.3 Å². The van der Waals surface area contributed by atoms with Crippen LogP contribution in [0.25, 0.3) is 21.3 Å². The minimum absolute atomic E-state index is 0.0486. The van der Waals surface area contributed by atoms with Gasteiger partial charge >= 0.3 is 5.97 Å². The minimum atomic E-state index is -0.860. The molecule has 1 aromatic carbocycles. The molecule has 0 saturated heterocycles. The molecule has 0 spiro atoms. The number of hydrogen-bond acceptors (Lipinski definition) is 8. The van der Waals surface area contributed by atoms with Crippen molar-refractivity contribution in [3.63, 3.8) is 0 Å². The van der Waals surface area contributed by atoms with E-state index in [0.29, 0.717) is 23.6 Å². The molecule has 9 nitrogen and oxygen atoms in total. The van der Waals surface area contributed by atoms with Gasteiger partial charge in [0.05, 0.1) is 12.1 Å². The third-order valence-corrected chi connectivity index (χ3v) is 9.63. The number of carboxylic acid groups (broad SMARTS) is 1. The molecule has 4 aromatic heterocycles. The van der Waals surface area contributed by atoms with Crippen LogP contribution in [0.3, 0.4) is 0 Å². The molecule has 1 aliphatic heterocycles. The van der Waals surface area contributed by atoms with Crippen molar-refractivity contribution in [2.45, 2.75) is 64.0 Å². The van der Waals surface area contributed by atoms with Crippen molar-refractivity contribution in [3.05, 3.63) is 74.9 Å². The van der Waals surface area contributed by atoms with Crippen LogP contribution in [-0.2, 0) is 31.4 Å². The Morgan fingerprint density at radius 1 is 1.24 bits per heavy atom. The number of nitrogens with zero attached hydrogens (tertiary/aromatic N) is 6. The van der Waals surface area contributed by atoms with Crippen molar-refractivity contribution in [1.29, 1.82) is 0 Å². The number of hydrogen-bond donors (Lipinski definition) is 2. The maximum absolute atomic E-state index is 12.1. The highest BCUT2D eigenvalue weighted by Crippen LogP contribution is 2.44. The molecule has 210 valence electrons. The maximum Gasteiger partial charge on any atom is 0.304 e. The zero-order valence-electron chi connectivity index (χ0n) is 23.2. The maximum atomic E-state index is 12.1. The van der Waals surface area contributed by atoms with E-state index in [4.69, 9.17) is 0 Å². The van der Waals surface area contributed by atoms with Gasteiger partial charge in [-0.25, -0.2) is 14.6 Å². The summed E-state index contributed by atoms with van der Waals surface area (Å²) in [6, 6.07) is 8.61. The van der Waals surface area contributed by atoms with Crippen LogP contribution in [0, 0.1) is 6.92 Å². The molecule has 1 aliphatic carbocycles. The van der Waals surface area contributed by atoms with Gasteiger partial charge < -0.3 is 10.2 Å². The van der Waals surface area contributed by atoms with E-state index >= 15 is 0 Å². The topological polar surface area (TPSA) is 117 Å². The molecule has 10 heteroatoms. The van der Waals surface area contributed by atoms with Crippen LogP contribution in [0.1, 0.15) is 76.6 Å². The number of rotatable bonds is 7. The predicted octanol–water partition coefficient (Wildman–Crippen LogP) is 5.42. The minimum Gasteiger partial charge on any atom is -0.493 e. The first kappa shape index (κ1) is 26.0. The summed E-state index contributed by atoms with van der Waals surface area (Å²) < 4.78 is 2.85. The fraction of sp³-hybridized carbons (Fsp3) is 0.387. The van der Waals surface area contributed by atoms with Crippen molar-refractivity contribution in [2.75, 3.05) is 6.54 Å². The fourth-order valence-corrected chi connectivity index (χ4v) is 7.23. The van der Waals surface area contributed by atoms with E-state index in [1.165, 1.54) is 15.8 Å². The second kappa shape index (κ2) is 10.2. The highest BCUT2D eigenvalue weighted by Gasteiger charge is 2.29. The quantitative estimate of drug-likeness (QED) is 0.267. The average Bonchev–Trinajstić information content (AvgIpc) is 3.59. The van der Waals surface area contributed by atoms with Crippen LogP contribution in [-0.4, -0.2) is 52.6 Å². The zero-order chi connectivity index (χ0) is 28.2. The van der Waals surface area contributed by atoms with Gasteiger partial charge in [-0.05, 0) is 102 Å². The van der Waals surface area contributed by atoms with Gasteiger partial charge in [0.25, 0.3) is 0 Å². The lowest BCUT2D eigenvalue weighted by atomic mass is 9.85. The van der Waals surface area contributed by atoms with Crippen LogP contribution < -0.4 is 0 Å². The molecule has 5 heterocycles. The first-order chi connectivity index (χ1) is 19.9. The molecule has 41 heavy (non-hydrogen) atoms. The largest absolute Gasteiger partial charge is 0.493 e. The number of carbonyl (C=O) groups is 1. The molecule has 2 aliphatic rings. The first-order valence-electron chi connectivity index (χ1n) is 14.2. The average molecular weight is 569 g/mol. The smallest absolute Gasteiger partial charge is 0.304 e. The molecule has 0 unspecified atom stereocenters. The Labute approximate surface area is 241 Å². The molecule has 5 aromatic rings. The zero-order valence-corrected chi connectivity index (χ0v) is 24.0. The van der Waals surface area contributed by atoms with Gasteiger partial charge in [-0.3, -0.25) is 9.69 Å². The second-order valence-electron chi connectivity index (χ2n) is 11.5. The van der Waals surface area contributed by atoms with E-state index in [-0.39, 0.29) is 18.2 Å². The van der Waals surface area contributed by atoms with Crippen LogP contribution in [0.15, 0.2) is 35.8 Å². The van der Waals surface area contributed by atoms with Crippen LogP contribution in [0.2, 0.25) is 0 Å². The van der Waals surface area contributed by atoms with Gasteiger partial charge in [-0.2, -0.15) is 0 Å². The van der Waals surface area contributed by atoms with E-state index in [2.05, 4.69) is 54.8 Å². The van der Waals surface area contributed by atoms with Crippen LogP contribution in [0.5, 0.6) is 5.88 Å². The molecule has 0 amide bonds. The summed E-state index contributed by atoms with van der Waals surface area (Å²) in [5.41, 5.74) is 8.51. The Bertz CT molecular complexity index is 1810. The van der Waals surface area contributed by atoms with Crippen molar-refractivity contribution >= 4 is 38.6 Å². The number of aromatic hydroxyl groups is 1. The molecule has 7 rings (SSSR count). The number of carboxylic acids is 1. The van der Waals surface area contributed by atoms with Crippen molar-refractivity contribution in [2.24, 2.45) is 7.05 Å². The van der Waals surface area contributed by atoms with Gasteiger partial charge in [0.2, 0.25) is 5.88 Å². The molecular formula is C31H32N6O3S. The number of aliphatic carboxylic acids is 1. The standard InChI is InChI=1S/C31H32N6O3S/c1-17-25(14-32-30-28(17)34-35-36(30)2)23(13-27(38)39)21-10-20-7-9-41-29(20)22(11-21)15-37-8-3-4-19-12-24(18-5-6-18)31(40)33-26(19)16-37/h7,9-12,14,18,23H,3-6,8,13,15-16H2,1-2H3,(H,33,40)(H,38,39)/t23-/m1/s1. The summed E-state index contributed by atoms with van der Waals surface area (Å²) in [4.78, 5) is 23.8. The SMILES string of the molecule is Cc1c([C@H](CC(=O)O)c2cc(CN3CCCc4cc(C5CC5)c(O)nc4C3)c3sccc3c2)cnc2c1nnn2C. The summed E-state index contributed by atoms with van der Waals surface area (Å²) in [5, 5.41) is 32.2. The summed E-state index contributed by atoms with van der Waals surface area (Å²) in [7, 11) is 1.80. The number of aryl methyl sites for hydroxylation is 3. The van der Waals surface area contributed by atoms with Crippen molar-refractivity contribution in [1.82, 2.24) is 29.9 Å². The number of thiophene rings is 1. The molecule has 1 atom stereocenters. The molecule has 0 radical (unpaired) electrons. The van der Waals surface area contributed by atoms with E-state index in [1.54, 1.807) is 29.3 Å². The van der Waals surface area contributed by atoms with Gasteiger partial charge in [0.15, 0.2) is 5.65 Å². The highest BCUT2D eigenvalue weighted by molar-refractivity contribution is 7.17. The third kappa shape index (κ3) is 4.85. The van der Waals surface area contributed by atoms with Gasteiger partial charge in [-0.15, -0.1) is 16.4 Å². The molecule has 2 N–H and O–H groups in total. The lowest BCUT2D eigenvalue weighted by Crippen LogP contribution is -2.23. The Morgan fingerprint density at radius 3 is 2.90 bits per heavy atom. The van der Waals surface area contributed by atoms with E-state index in [1.807, 2.05) is 6.92 Å². The van der Waals surface area contributed by atoms with Gasteiger partial charge in [0.1, 0.15) is 5.52 Å². The normalized spacial score (nSPS) is 16.6. The number of pyridine rings is 2. The second-order valence-corrected chi connectivity index (χ2v) is 12.4. The van der Waals surface area contributed by atoms with E-state index < -0.39 is 5.97 Å². The van der Waals surface area contributed by atoms with Crippen LogP contribution in [0.4, 0.5) is 0 Å². The van der Waals surface area contributed by atoms with E-state index in [0.717, 1.165) is 72.1 Å². The number of benzene rings is 1. The lowest BCUT2D eigenvalue weighted by Gasteiger charge is -2.23. The summed E-state index contributed by atoms with van der Waals surface area (Å²) >= 11 is 1.71.